The van der Waals surface area contributed by atoms with Crippen LogP contribution in [0.15, 0.2) is 0 Å². The number of carbonyl (C=O) groups is 2. The molecule has 162 valence electrons. The van der Waals surface area contributed by atoms with Crippen LogP contribution in [-0.4, -0.2) is 59.2 Å². The SMILES string of the molecule is CC1(C)CCC(N(C(=O)C(C)(C)CF)[C@H]2CCN(C(=O)OC(C)(C)C)C2)CC1. The minimum absolute atomic E-state index is 0.0722. The fraction of sp³-hybridized carbons (Fsp3) is 0.909. The third-order valence-electron chi connectivity index (χ3n) is 6.06. The maximum Gasteiger partial charge on any atom is 0.410 e. The zero-order valence-corrected chi connectivity index (χ0v) is 18.8. The highest BCUT2D eigenvalue weighted by atomic mass is 19.1. The van der Waals surface area contributed by atoms with Crippen molar-refractivity contribution >= 4 is 12.0 Å². The van der Waals surface area contributed by atoms with Crippen LogP contribution in [0.5, 0.6) is 0 Å². The summed E-state index contributed by atoms with van der Waals surface area (Å²) in [5, 5.41) is 0. The molecule has 2 aliphatic rings. The molecule has 0 spiro atoms. The van der Waals surface area contributed by atoms with Gasteiger partial charge in [0.25, 0.3) is 0 Å². The van der Waals surface area contributed by atoms with Gasteiger partial charge in [0.15, 0.2) is 0 Å². The van der Waals surface area contributed by atoms with E-state index in [4.69, 9.17) is 4.74 Å². The molecule has 1 heterocycles. The molecule has 2 rings (SSSR count). The molecule has 0 unspecified atom stereocenters. The summed E-state index contributed by atoms with van der Waals surface area (Å²) < 4.78 is 19.1. The van der Waals surface area contributed by atoms with Crippen molar-refractivity contribution in [3.05, 3.63) is 0 Å². The van der Waals surface area contributed by atoms with E-state index in [1.165, 1.54) is 0 Å². The monoisotopic (exact) mass is 398 g/mol. The minimum Gasteiger partial charge on any atom is -0.444 e. The van der Waals surface area contributed by atoms with Crippen molar-refractivity contribution in [3.8, 4) is 0 Å². The Morgan fingerprint density at radius 2 is 1.64 bits per heavy atom. The Morgan fingerprint density at radius 1 is 1.07 bits per heavy atom. The molecule has 1 aliphatic heterocycles. The smallest absolute Gasteiger partial charge is 0.410 e. The van der Waals surface area contributed by atoms with Gasteiger partial charge in [-0.05, 0) is 72.1 Å². The number of hydrogen-bond acceptors (Lipinski definition) is 3. The van der Waals surface area contributed by atoms with Crippen molar-refractivity contribution in [1.29, 1.82) is 0 Å². The quantitative estimate of drug-likeness (QED) is 0.684. The van der Waals surface area contributed by atoms with Crippen molar-refractivity contribution in [2.45, 2.75) is 98.3 Å². The van der Waals surface area contributed by atoms with E-state index in [1.54, 1.807) is 18.7 Å². The van der Waals surface area contributed by atoms with Crippen LogP contribution in [0.2, 0.25) is 0 Å². The number of rotatable bonds is 4. The Kier molecular flexibility index (Phi) is 6.72. The summed E-state index contributed by atoms with van der Waals surface area (Å²) in [5.74, 6) is -0.129. The van der Waals surface area contributed by atoms with Gasteiger partial charge in [-0.1, -0.05) is 13.8 Å². The molecule has 0 N–H and O–H groups in total. The summed E-state index contributed by atoms with van der Waals surface area (Å²) in [6, 6.07) is 0.0481. The zero-order chi connectivity index (χ0) is 21.3. The fourth-order valence-corrected chi connectivity index (χ4v) is 4.16. The maximum absolute atomic E-state index is 13.6. The summed E-state index contributed by atoms with van der Waals surface area (Å²) in [4.78, 5) is 29.4. The number of ether oxygens (including phenoxy) is 1. The fourth-order valence-electron chi connectivity index (χ4n) is 4.16. The van der Waals surface area contributed by atoms with Crippen LogP contribution in [0.25, 0.3) is 0 Å². The lowest BCUT2D eigenvalue weighted by Gasteiger charge is -2.45. The van der Waals surface area contributed by atoms with Crippen LogP contribution >= 0.6 is 0 Å². The summed E-state index contributed by atoms with van der Waals surface area (Å²) in [7, 11) is 0. The Balaban J connectivity index is 2.16. The van der Waals surface area contributed by atoms with Gasteiger partial charge in [0.1, 0.15) is 12.3 Å². The first-order chi connectivity index (χ1) is 12.8. The van der Waals surface area contributed by atoms with Gasteiger partial charge in [-0.2, -0.15) is 0 Å². The molecule has 1 saturated carbocycles. The average Bonchev–Trinajstić information content (AvgIpc) is 3.04. The van der Waals surface area contributed by atoms with E-state index in [1.807, 2.05) is 25.7 Å². The van der Waals surface area contributed by atoms with E-state index >= 15 is 0 Å². The number of likely N-dealkylation sites (tertiary alicyclic amines) is 1. The summed E-state index contributed by atoms with van der Waals surface area (Å²) in [5.41, 5.74) is -1.29. The van der Waals surface area contributed by atoms with Crippen LogP contribution < -0.4 is 0 Å². The van der Waals surface area contributed by atoms with Gasteiger partial charge in [0.05, 0.1) is 11.5 Å². The topological polar surface area (TPSA) is 49.9 Å². The van der Waals surface area contributed by atoms with Crippen molar-refractivity contribution in [1.82, 2.24) is 9.80 Å². The van der Waals surface area contributed by atoms with E-state index in [9.17, 15) is 14.0 Å². The number of hydrogen-bond donors (Lipinski definition) is 0. The minimum atomic E-state index is -1.04. The van der Waals surface area contributed by atoms with Crippen LogP contribution in [0.1, 0.15) is 80.6 Å². The van der Waals surface area contributed by atoms with Gasteiger partial charge in [-0.15, -0.1) is 0 Å². The predicted octanol–water partition coefficient (Wildman–Crippen LogP) is 4.79. The predicted molar refractivity (Wildman–Crippen MR) is 109 cm³/mol. The van der Waals surface area contributed by atoms with Crippen LogP contribution in [0, 0.1) is 10.8 Å². The summed E-state index contributed by atoms with van der Waals surface area (Å²) >= 11 is 0. The number of amides is 2. The molecule has 28 heavy (non-hydrogen) atoms. The lowest BCUT2D eigenvalue weighted by Crippen LogP contribution is -2.54. The zero-order valence-electron chi connectivity index (χ0n) is 18.8. The van der Waals surface area contributed by atoms with Gasteiger partial charge in [0.2, 0.25) is 5.91 Å². The molecule has 0 aromatic carbocycles. The molecule has 0 radical (unpaired) electrons. The van der Waals surface area contributed by atoms with Crippen LogP contribution in [-0.2, 0) is 9.53 Å². The second-order valence-corrected chi connectivity index (χ2v) is 11.0. The lowest BCUT2D eigenvalue weighted by atomic mass is 9.74. The highest BCUT2D eigenvalue weighted by molar-refractivity contribution is 5.83. The highest BCUT2D eigenvalue weighted by Crippen LogP contribution is 2.39. The van der Waals surface area contributed by atoms with Crippen molar-refractivity contribution < 1.29 is 18.7 Å². The molecular weight excluding hydrogens is 359 g/mol. The number of carbonyl (C=O) groups excluding carboxylic acids is 2. The molecule has 1 atom stereocenters. The third-order valence-corrected chi connectivity index (χ3v) is 6.06. The van der Waals surface area contributed by atoms with E-state index < -0.39 is 17.7 Å². The second-order valence-electron chi connectivity index (χ2n) is 11.0. The maximum atomic E-state index is 13.6. The molecule has 1 saturated heterocycles. The summed E-state index contributed by atoms with van der Waals surface area (Å²) in [6.07, 6.45) is 4.36. The second kappa shape index (κ2) is 8.19. The number of nitrogens with zero attached hydrogens (tertiary/aromatic N) is 2. The molecule has 2 amide bonds. The largest absolute Gasteiger partial charge is 0.444 e. The van der Waals surface area contributed by atoms with Crippen molar-refractivity contribution in [3.63, 3.8) is 0 Å². The molecule has 5 nitrogen and oxygen atoms in total. The molecule has 6 heteroatoms. The lowest BCUT2D eigenvalue weighted by molar-refractivity contribution is -0.147. The van der Waals surface area contributed by atoms with E-state index in [0.29, 0.717) is 24.9 Å². The number of alkyl halides is 1. The first kappa shape index (κ1) is 23.0. The Morgan fingerprint density at radius 3 is 2.14 bits per heavy atom. The van der Waals surface area contributed by atoms with E-state index in [2.05, 4.69) is 13.8 Å². The van der Waals surface area contributed by atoms with Crippen LogP contribution in [0.4, 0.5) is 9.18 Å². The Hall–Kier alpha value is -1.33. The average molecular weight is 399 g/mol. The van der Waals surface area contributed by atoms with Gasteiger partial charge < -0.3 is 14.5 Å². The standard InChI is InChI=1S/C22H39FN2O3/c1-20(2,3)28-19(27)24-13-10-17(14-24)25(18(26)22(6,7)15-23)16-8-11-21(4,5)12-9-16/h16-17H,8-15H2,1-7H3/t17-/m0/s1. The van der Waals surface area contributed by atoms with Gasteiger partial charge >= 0.3 is 6.09 Å². The molecule has 0 aromatic heterocycles. The van der Waals surface area contributed by atoms with Crippen LogP contribution in [0.3, 0.4) is 0 Å². The molecule has 1 aliphatic carbocycles. The first-order valence-electron chi connectivity index (χ1n) is 10.6. The molecule has 0 bridgehead atoms. The van der Waals surface area contributed by atoms with Gasteiger partial charge in [0, 0.05) is 19.1 Å². The molecule has 2 fully saturated rings. The number of halogens is 1. The first-order valence-corrected chi connectivity index (χ1v) is 10.6. The van der Waals surface area contributed by atoms with Crippen molar-refractivity contribution in [2.75, 3.05) is 19.8 Å². The summed E-state index contributed by atoms with van der Waals surface area (Å²) in [6.45, 7) is 13.8. The van der Waals surface area contributed by atoms with E-state index in [0.717, 1.165) is 25.7 Å². The van der Waals surface area contributed by atoms with Gasteiger partial charge in [-0.3, -0.25) is 4.79 Å². The molecule has 0 aromatic rings. The Labute approximate surface area is 170 Å². The van der Waals surface area contributed by atoms with Crippen molar-refractivity contribution in [2.24, 2.45) is 10.8 Å². The van der Waals surface area contributed by atoms with E-state index in [-0.39, 0.29) is 24.1 Å². The highest BCUT2D eigenvalue weighted by Gasteiger charge is 2.44. The van der Waals surface area contributed by atoms with Gasteiger partial charge in [-0.25, -0.2) is 9.18 Å². The Bertz CT molecular complexity index is 573. The normalized spacial score (nSPS) is 23.6. The third kappa shape index (κ3) is 5.60. The molecular formula is C22H39FN2O3.